The van der Waals surface area contributed by atoms with Crippen molar-refractivity contribution < 1.29 is 4.39 Å². The number of benzene rings is 1. The fourth-order valence-electron chi connectivity index (χ4n) is 3.42. The summed E-state index contributed by atoms with van der Waals surface area (Å²) in [4.78, 5) is 41.0. The first-order chi connectivity index (χ1) is 14.7. The lowest BCUT2D eigenvalue weighted by atomic mass is 10.1. The van der Waals surface area contributed by atoms with Crippen molar-refractivity contribution >= 4 is 38.6 Å². The van der Waals surface area contributed by atoms with Crippen molar-refractivity contribution in [3.05, 3.63) is 78.1 Å². The van der Waals surface area contributed by atoms with Gasteiger partial charge in [-0.25, -0.2) is 28.7 Å². The molecule has 7 nitrogen and oxygen atoms in total. The van der Waals surface area contributed by atoms with Crippen LogP contribution in [0, 0.1) is 12.7 Å². The quantitative estimate of drug-likeness (QED) is 0.414. The van der Waals surface area contributed by atoms with Crippen LogP contribution < -0.4 is 11.2 Å². The molecule has 4 aromatic rings. The molecule has 10 heteroatoms. The van der Waals surface area contributed by atoms with Crippen LogP contribution in [0.1, 0.15) is 31.2 Å². The first-order valence-electron chi connectivity index (χ1n) is 9.34. The summed E-state index contributed by atoms with van der Waals surface area (Å²) in [6.07, 6.45) is 0. The van der Waals surface area contributed by atoms with Crippen molar-refractivity contribution in [3.8, 4) is 16.9 Å². The Kier molecular flexibility index (Phi) is 5.49. The molecule has 3 aromatic heterocycles. The maximum absolute atomic E-state index is 14.5. The summed E-state index contributed by atoms with van der Waals surface area (Å²) in [7, 11) is 0. The number of nitrogens with one attached hydrogen (secondary N) is 1. The number of aryl methyl sites for hydroxylation is 1. The number of pyridine rings is 1. The van der Waals surface area contributed by atoms with E-state index in [1.54, 1.807) is 19.1 Å². The van der Waals surface area contributed by atoms with Crippen molar-refractivity contribution in [1.29, 1.82) is 0 Å². The number of fused-ring (bicyclic) bond motifs is 1. The van der Waals surface area contributed by atoms with E-state index in [9.17, 15) is 14.0 Å². The number of aromatic nitrogens is 5. The molecule has 31 heavy (non-hydrogen) atoms. The van der Waals surface area contributed by atoms with E-state index in [1.807, 2.05) is 13.8 Å². The highest BCUT2D eigenvalue weighted by Gasteiger charge is 2.22. The number of aromatic amines is 1. The standard InChI is InChI=1S/C21H16BrClFN5O2/c1-9(2)15-17(10(3)25-20(22)27-15)29-18-12(19(30)28-21(29)31)8-13(23)16(26-18)11-6-4-5-7-14(11)24/h4-9H,1-3H3,(H,28,30,31). The van der Waals surface area contributed by atoms with Crippen molar-refractivity contribution in [2.75, 3.05) is 0 Å². The molecule has 158 valence electrons. The van der Waals surface area contributed by atoms with Gasteiger partial charge in [-0.3, -0.25) is 9.78 Å². The highest BCUT2D eigenvalue weighted by molar-refractivity contribution is 9.10. The molecule has 4 rings (SSSR count). The monoisotopic (exact) mass is 503 g/mol. The van der Waals surface area contributed by atoms with Crippen molar-refractivity contribution in [2.24, 2.45) is 0 Å². The van der Waals surface area contributed by atoms with E-state index < -0.39 is 17.1 Å². The van der Waals surface area contributed by atoms with Crippen LogP contribution in [-0.2, 0) is 0 Å². The zero-order valence-corrected chi connectivity index (χ0v) is 19.0. The Morgan fingerprint density at radius 2 is 1.87 bits per heavy atom. The number of hydrogen-bond donors (Lipinski definition) is 1. The molecule has 0 bridgehead atoms. The van der Waals surface area contributed by atoms with Gasteiger partial charge in [0.15, 0.2) is 10.4 Å². The van der Waals surface area contributed by atoms with Gasteiger partial charge < -0.3 is 0 Å². The van der Waals surface area contributed by atoms with Crippen LogP contribution in [0.5, 0.6) is 0 Å². The van der Waals surface area contributed by atoms with Gasteiger partial charge in [0.2, 0.25) is 0 Å². The third kappa shape index (κ3) is 3.68. The summed E-state index contributed by atoms with van der Waals surface area (Å²) in [5.41, 5.74) is 0.444. The summed E-state index contributed by atoms with van der Waals surface area (Å²) in [5.74, 6) is -0.596. The molecule has 3 heterocycles. The summed E-state index contributed by atoms with van der Waals surface area (Å²) >= 11 is 9.64. The Hall–Kier alpha value is -2.91. The van der Waals surface area contributed by atoms with Gasteiger partial charge in [-0.05, 0) is 47.0 Å². The van der Waals surface area contributed by atoms with E-state index in [0.717, 1.165) is 0 Å². The lowest BCUT2D eigenvalue weighted by Crippen LogP contribution is -2.31. The van der Waals surface area contributed by atoms with Gasteiger partial charge in [-0.15, -0.1) is 0 Å². The third-order valence-corrected chi connectivity index (χ3v) is 5.44. The average molecular weight is 505 g/mol. The normalized spacial score (nSPS) is 11.5. The van der Waals surface area contributed by atoms with Gasteiger partial charge in [0.25, 0.3) is 5.56 Å². The van der Waals surface area contributed by atoms with Crippen LogP contribution in [0.15, 0.2) is 44.7 Å². The lowest BCUT2D eigenvalue weighted by molar-refractivity contribution is 0.631. The van der Waals surface area contributed by atoms with E-state index in [-0.39, 0.29) is 33.2 Å². The second-order valence-corrected chi connectivity index (χ2v) is 8.35. The van der Waals surface area contributed by atoms with E-state index in [1.165, 1.54) is 22.8 Å². The highest BCUT2D eigenvalue weighted by atomic mass is 79.9. The minimum Gasteiger partial charge on any atom is -0.273 e. The summed E-state index contributed by atoms with van der Waals surface area (Å²) in [6.45, 7) is 5.57. The van der Waals surface area contributed by atoms with Gasteiger partial charge in [0.05, 0.1) is 33.2 Å². The largest absolute Gasteiger partial charge is 0.334 e. The minimum atomic E-state index is -0.706. The maximum atomic E-state index is 14.5. The molecule has 0 saturated heterocycles. The van der Waals surface area contributed by atoms with Gasteiger partial charge in [0.1, 0.15) is 5.82 Å². The minimum absolute atomic E-state index is 0.0346. The Morgan fingerprint density at radius 1 is 1.16 bits per heavy atom. The Balaban J connectivity index is 2.18. The Labute approximate surface area is 189 Å². The Bertz CT molecular complexity index is 1470. The van der Waals surface area contributed by atoms with Crippen LogP contribution in [0.3, 0.4) is 0 Å². The van der Waals surface area contributed by atoms with E-state index in [0.29, 0.717) is 21.8 Å². The van der Waals surface area contributed by atoms with Crippen molar-refractivity contribution in [2.45, 2.75) is 26.7 Å². The summed E-state index contributed by atoms with van der Waals surface area (Å²) < 4.78 is 16.1. The van der Waals surface area contributed by atoms with Crippen LogP contribution in [0.25, 0.3) is 28.0 Å². The number of rotatable bonds is 3. The van der Waals surface area contributed by atoms with Crippen molar-refractivity contribution in [3.63, 3.8) is 0 Å². The number of nitrogens with zero attached hydrogens (tertiary/aromatic N) is 4. The summed E-state index contributed by atoms with van der Waals surface area (Å²) in [6, 6.07) is 7.38. The van der Waals surface area contributed by atoms with E-state index in [2.05, 4.69) is 35.9 Å². The number of H-pyrrole nitrogens is 1. The van der Waals surface area contributed by atoms with Crippen LogP contribution in [0.4, 0.5) is 4.39 Å². The van der Waals surface area contributed by atoms with Gasteiger partial charge in [-0.1, -0.05) is 37.6 Å². The molecule has 1 N–H and O–H groups in total. The molecule has 0 radical (unpaired) electrons. The van der Waals surface area contributed by atoms with E-state index in [4.69, 9.17) is 11.6 Å². The fourth-order valence-corrected chi connectivity index (χ4v) is 4.13. The predicted octanol–water partition coefficient (Wildman–Crippen LogP) is 4.52. The molecule has 0 aliphatic rings. The summed E-state index contributed by atoms with van der Waals surface area (Å²) in [5, 5.41) is 0.169. The fraction of sp³-hybridized carbons (Fsp3) is 0.190. The van der Waals surface area contributed by atoms with Crippen LogP contribution in [0.2, 0.25) is 5.02 Å². The second kappa shape index (κ2) is 7.97. The van der Waals surface area contributed by atoms with E-state index >= 15 is 0 Å². The molecule has 0 fully saturated rings. The molecule has 0 amide bonds. The first kappa shape index (κ1) is 21.3. The van der Waals surface area contributed by atoms with Crippen LogP contribution in [-0.4, -0.2) is 24.5 Å². The smallest absolute Gasteiger partial charge is 0.273 e. The van der Waals surface area contributed by atoms with Crippen molar-refractivity contribution in [1.82, 2.24) is 24.5 Å². The molecule has 0 aliphatic carbocycles. The third-order valence-electron chi connectivity index (χ3n) is 4.79. The SMILES string of the molecule is Cc1nc(Br)nc(C(C)C)c1-n1c(=O)[nH]c(=O)c2cc(Cl)c(-c3ccccc3F)nc21. The predicted molar refractivity (Wildman–Crippen MR) is 120 cm³/mol. The zero-order chi connectivity index (χ0) is 22.4. The number of hydrogen-bond acceptors (Lipinski definition) is 5. The average Bonchev–Trinajstić information content (AvgIpc) is 2.69. The maximum Gasteiger partial charge on any atom is 0.334 e. The number of halogens is 3. The van der Waals surface area contributed by atoms with Gasteiger partial charge in [-0.2, -0.15) is 0 Å². The molecule has 0 atom stereocenters. The highest BCUT2D eigenvalue weighted by Crippen LogP contribution is 2.31. The lowest BCUT2D eigenvalue weighted by Gasteiger charge is -2.18. The van der Waals surface area contributed by atoms with Gasteiger partial charge >= 0.3 is 5.69 Å². The van der Waals surface area contributed by atoms with Gasteiger partial charge in [0, 0.05) is 5.56 Å². The molecule has 0 spiro atoms. The molecular weight excluding hydrogens is 489 g/mol. The second-order valence-electron chi connectivity index (χ2n) is 7.23. The molecule has 0 aliphatic heterocycles. The molecular formula is C21H16BrClFN5O2. The zero-order valence-electron chi connectivity index (χ0n) is 16.7. The Morgan fingerprint density at radius 3 is 2.55 bits per heavy atom. The molecule has 0 unspecified atom stereocenters. The molecule has 1 aromatic carbocycles. The van der Waals surface area contributed by atoms with Crippen LogP contribution >= 0.6 is 27.5 Å². The molecule has 0 saturated carbocycles. The first-order valence-corrected chi connectivity index (χ1v) is 10.5. The topological polar surface area (TPSA) is 93.5 Å².